The predicted octanol–water partition coefficient (Wildman–Crippen LogP) is 4.69. The first-order valence-electron chi connectivity index (χ1n) is 20.3. The van der Waals surface area contributed by atoms with Gasteiger partial charge in [0.15, 0.2) is 0 Å². The number of nitrogens with two attached hydrogens (primary N) is 1. The topological polar surface area (TPSA) is 262 Å². The van der Waals surface area contributed by atoms with E-state index in [1.54, 1.807) is 109 Å². The molecule has 8 amide bonds. The maximum absolute atomic E-state index is 13.7. The van der Waals surface area contributed by atoms with Crippen molar-refractivity contribution in [3.05, 3.63) is 144 Å². The molecule has 0 aromatic heterocycles. The number of alkyl carbamates (subject to hydrolysis) is 2. The molecule has 1 unspecified atom stereocenters. The Hall–Kier alpha value is -8.29. The van der Waals surface area contributed by atoms with Crippen molar-refractivity contribution in [2.45, 2.75) is 57.8 Å². The number of likely N-dealkylation sites (N-methyl/N-ethyl adjacent to an activating group) is 1. The van der Waals surface area contributed by atoms with Crippen LogP contribution >= 0.6 is 0 Å². The van der Waals surface area contributed by atoms with Gasteiger partial charge in [-0.15, -0.1) is 4.99 Å². The van der Waals surface area contributed by atoms with Gasteiger partial charge >= 0.3 is 30.4 Å². The highest BCUT2D eigenvalue weighted by atomic mass is 16.6. The van der Waals surface area contributed by atoms with E-state index < -0.39 is 60.3 Å². The van der Waals surface area contributed by atoms with Crippen LogP contribution < -0.4 is 27.0 Å². The van der Waals surface area contributed by atoms with E-state index in [-0.39, 0.29) is 64.7 Å². The minimum atomic E-state index is -1.12. The van der Waals surface area contributed by atoms with E-state index in [1.165, 1.54) is 7.05 Å². The molecule has 0 aliphatic carbocycles. The molecule has 4 aromatic rings. The Bertz CT molecular complexity index is 2300. The Labute approximate surface area is 374 Å². The normalized spacial score (nSPS) is 13.7. The fraction of sp³-hybridized carbons (Fsp3) is 0.267. The molecule has 1 aliphatic heterocycles. The van der Waals surface area contributed by atoms with Crippen molar-refractivity contribution < 1.29 is 52.5 Å². The predicted molar refractivity (Wildman–Crippen MR) is 234 cm³/mol. The van der Waals surface area contributed by atoms with Crippen LogP contribution in [-0.4, -0.2) is 96.2 Å². The number of carbonyl (C=O) groups is 7. The molecule has 5 rings (SSSR count). The number of hydrogen-bond acceptors (Lipinski definition) is 12. The number of imide groups is 1. The zero-order chi connectivity index (χ0) is 46.4. The smallest absolute Gasteiger partial charge is 0.437 e. The number of amides is 8. The average molecular weight is 892 g/mol. The zero-order valence-electron chi connectivity index (χ0n) is 35.4. The first-order valence-corrected chi connectivity index (χ1v) is 20.3. The van der Waals surface area contributed by atoms with Gasteiger partial charge in [-0.2, -0.15) is 0 Å². The third-order valence-corrected chi connectivity index (χ3v) is 9.49. The highest BCUT2D eigenvalue weighted by Gasteiger charge is 2.33. The van der Waals surface area contributed by atoms with Gasteiger partial charge in [0.2, 0.25) is 17.8 Å². The number of urea groups is 1. The van der Waals surface area contributed by atoms with Gasteiger partial charge in [-0.1, -0.05) is 121 Å². The molecular weight excluding hydrogens is 843 g/mol. The quantitative estimate of drug-likeness (QED) is 0.0583. The Morgan fingerprint density at radius 2 is 1.23 bits per heavy atom. The van der Waals surface area contributed by atoms with Gasteiger partial charge in [0, 0.05) is 26.1 Å². The second-order valence-electron chi connectivity index (χ2n) is 14.3. The summed E-state index contributed by atoms with van der Waals surface area (Å²) in [7, 11) is 1.37. The Kier molecular flexibility index (Phi) is 18.3. The molecule has 0 bridgehead atoms. The maximum Gasteiger partial charge on any atom is 0.437 e. The van der Waals surface area contributed by atoms with Crippen molar-refractivity contribution >= 4 is 54.1 Å². The van der Waals surface area contributed by atoms with Crippen LogP contribution in [0.1, 0.15) is 41.5 Å². The summed E-state index contributed by atoms with van der Waals surface area (Å²) in [5, 5.41) is 9.32. The number of ether oxygens (including phenoxy) is 4. The Morgan fingerprint density at radius 3 is 1.75 bits per heavy atom. The fourth-order valence-electron chi connectivity index (χ4n) is 6.04. The zero-order valence-corrected chi connectivity index (χ0v) is 35.4. The van der Waals surface area contributed by atoms with Gasteiger partial charge < -0.3 is 34.9 Å². The fourth-order valence-corrected chi connectivity index (χ4v) is 6.04. The summed E-state index contributed by atoms with van der Waals surface area (Å²) in [5.41, 5.74) is 9.00. The molecule has 2 atom stereocenters. The van der Waals surface area contributed by atoms with E-state index in [1.807, 2.05) is 17.4 Å². The third kappa shape index (κ3) is 16.5. The van der Waals surface area contributed by atoms with Gasteiger partial charge in [0.05, 0.1) is 6.54 Å². The minimum absolute atomic E-state index is 0.0557. The van der Waals surface area contributed by atoms with Crippen LogP contribution in [0.2, 0.25) is 0 Å². The number of hydrogen-bond donors (Lipinski definition) is 5. The number of nitrogens with zero attached hydrogens (tertiary/aromatic N) is 4. The molecule has 20 nitrogen and oxygen atoms in total. The Balaban J connectivity index is 1.21. The van der Waals surface area contributed by atoms with Crippen molar-refractivity contribution in [2.24, 2.45) is 15.7 Å². The summed E-state index contributed by atoms with van der Waals surface area (Å²) in [6, 6.07) is 32.4. The number of rotatable bonds is 16. The van der Waals surface area contributed by atoms with Crippen LogP contribution in [0.3, 0.4) is 0 Å². The summed E-state index contributed by atoms with van der Waals surface area (Å²) >= 11 is 0. The second-order valence-corrected chi connectivity index (χ2v) is 14.3. The summed E-state index contributed by atoms with van der Waals surface area (Å²) < 4.78 is 21.1. The van der Waals surface area contributed by atoms with Gasteiger partial charge in [0.25, 0.3) is 5.91 Å². The SMILES string of the molecule is CN(C(=O)C[C@H](CCCN(C(=O)OCc1ccccc1)/C(N)=N/C(=O)OCc1ccccc1)NC(=O)OCc1ccccc1)C1CN=C(NC(=O)NC(=O)OCc2ccccc2)NC1=O. The second kappa shape index (κ2) is 25.0. The molecule has 0 fully saturated rings. The van der Waals surface area contributed by atoms with Gasteiger partial charge in [-0.3, -0.25) is 20.2 Å². The van der Waals surface area contributed by atoms with E-state index in [0.29, 0.717) is 16.7 Å². The van der Waals surface area contributed by atoms with Gasteiger partial charge in [-0.05, 0) is 35.1 Å². The highest BCUT2D eigenvalue weighted by molar-refractivity contribution is 6.09. The molecule has 65 heavy (non-hydrogen) atoms. The van der Waals surface area contributed by atoms with Crippen LogP contribution in [0.5, 0.6) is 0 Å². The standard InChI is InChI=1S/C45H49N9O11/c1-53(36-26-47-40(49-38(36)56)51-41(57)52-44(60)64-29-33-19-10-4-11-20-33)37(55)25-35(48-42(58)62-27-31-15-6-2-7-16-31)23-14-24-54(45(61)65-30-34-21-12-5-13-22-34)39(46)50-43(59)63-28-32-17-8-3-9-18-32/h2-13,15-22,35-36H,14,23-30H2,1H3,(H,48,58)(H2,46,50,59)(H3,47,49,51,52,56,57,60)/t35-,36?/m0/s1. The van der Waals surface area contributed by atoms with E-state index in [0.717, 1.165) is 15.4 Å². The van der Waals surface area contributed by atoms with Crippen molar-refractivity contribution in [3.63, 3.8) is 0 Å². The summed E-state index contributed by atoms with van der Waals surface area (Å²) in [6.07, 6.45) is -4.04. The monoisotopic (exact) mass is 891 g/mol. The van der Waals surface area contributed by atoms with Crippen LogP contribution in [0.4, 0.5) is 24.0 Å². The number of guanidine groups is 2. The summed E-state index contributed by atoms with van der Waals surface area (Å²) in [5.74, 6) is -2.04. The van der Waals surface area contributed by atoms with E-state index >= 15 is 0 Å². The van der Waals surface area contributed by atoms with E-state index in [2.05, 4.69) is 25.9 Å². The van der Waals surface area contributed by atoms with Crippen LogP contribution in [0.15, 0.2) is 131 Å². The van der Waals surface area contributed by atoms with Crippen molar-refractivity contribution in [2.75, 3.05) is 20.1 Å². The van der Waals surface area contributed by atoms with E-state index in [4.69, 9.17) is 24.7 Å². The Morgan fingerprint density at radius 1 is 0.738 bits per heavy atom. The molecule has 20 heteroatoms. The molecule has 6 N–H and O–H groups in total. The molecule has 340 valence electrons. The molecule has 0 spiro atoms. The molecule has 0 saturated carbocycles. The lowest BCUT2D eigenvalue weighted by atomic mass is 10.1. The van der Waals surface area contributed by atoms with E-state index in [9.17, 15) is 33.6 Å². The number of carbonyl (C=O) groups excluding carboxylic acids is 7. The van der Waals surface area contributed by atoms with Gasteiger partial charge in [0.1, 0.15) is 32.5 Å². The third-order valence-electron chi connectivity index (χ3n) is 9.49. The summed E-state index contributed by atoms with van der Waals surface area (Å²) in [4.78, 5) is 100. The molecule has 0 saturated heterocycles. The lowest BCUT2D eigenvalue weighted by Gasteiger charge is -2.30. The lowest BCUT2D eigenvalue weighted by molar-refractivity contribution is -0.138. The minimum Gasteiger partial charge on any atom is -0.445 e. The first kappa shape index (κ1) is 47.8. The van der Waals surface area contributed by atoms with Crippen LogP contribution in [-0.2, 0) is 55.0 Å². The van der Waals surface area contributed by atoms with Crippen molar-refractivity contribution in [1.29, 1.82) is 0 Å². The molecular formula is C45H49N9O11. The molecule has 1 aliphatic rings. The number of benzene rings is 4. The molecule has 4 aromatic carbocycles. The maximum atomic E-state index is 13.7. The molecule has 1 heterocycles. The molecule has 0 radical (unpaired) electrons. The van der Waals surface area contributed by atoms with Crippen molar-refractivity contribution in [3.8, 4) is 0 Å². The van der Waals surface area contributed by atoms with Crippen molar-refractivity contribution in [1.82, 2.24) is 31.1 Å². The largest absolute Gasteiger partial charge is 0.445 e. The number of aliphatic imine (C=N–C) groups is 2. The average Bonchev–Trinajstić information content (AvgIpc) is 3.31. The lowest BCUT2D eigenvalue weighted by Crippen LogP contribution is -2.59. The number of nitrogens with one attached hydrogen (secondary N) is 4. The van der Waals surface area contributed by atoms with Crippen LogP contribution in [0.25, 0.3) is 0 Å². The van der Waals surface area contributed by atoms with Crippen LogP contribution in [0, 0.1) is 0 Å². The highest BCUT2D eigenvalue weighted by Crippen LogP contribution is 2.13. The van der Waals surface area contributed by atoms with Gasteiger partial charge in [-0.25, -0.2) is 39.2 Å². The summed E-state index contributed by atoms with van der Waals surface area (Å²) in [6.45, 7) is -0.789. The first-order chi connectivity index (χ1) is 31.4.